The Morgan fingerprint density at radius 3 is 2.64 bits per heavy atom. The molecular weight excluding hydrogens is 223 g/mol. The SMILES string of the molecule is CC1(C)COc2c(Cl)cc(Cl)c(O)c21. The van der Waals surface area contributed by atoms with Crippen LogP contribution in [0.3, 0.4) is 0 Å². The standard InChI is InChI=1S/C10H10Cl2O2/c1-10(2)4-14-9-6(12)3-5(11)8(13)7(9)10/h3,13H,4H2,1-2H3. The molecule has 1 aromatic carbocycles. The van der Waals surface area contributed by atoms with E-state index in [1.807, 2.05) is 13.8 Å². The zero-order valence-electron chi connectivity index (χ0n) is 7.90. The van der Waals surface area contributed by atoms with Crippen molar-refractivity contribution in [1.82, 2.24) is 0 Å². The monoisotopic (exact) mass is 232 g/mol. The number of rotatable bonds is 0. The summed E-state index contributed by atoms with van der Waals surface area (Å²) in [6, 6.07) is 1.50. The first-order valence-corrected chi connectivity index (χ1v) is 5.03. The smallest absolute Gasteiger partial charge is 0.145 e. The van der Waals surface area contributed by atoms with E-state index in [0.717, 1.165) is 0 Å². The summed E-state index contributed by atoms with van der Waals surface area (Å²) >= 11 is 11.8. The van der Waals surface area contributed by atoms with Gasteiger partial charge in [0.15, 0.2) is 0 Å². The van der Waals surface area contributed by atoms with Crippen LogP contribution in [0.4, 0.5) is 0 Å². The molecule has 0 amide bonds. The molecule has 1 heterocycles. The van der Waals surface area contributed by atoms with Crippen LogP contribution in [0.2, 0.25) is 10.0 Å². The third kappa shape index (κ3) is 1.25. The molecule has 76 valence electrons. The van der Waals surface area contributed by atoms with Crippen molar-refractivity contribution in [2.24, 2.45) is 0 Å². The van der Waals surface area contributed by atoms with E-state index in [4.69, 9.17) is 27.9 Å². The number of halogens is 2. The van der Waals surface area contributed by atoms with Gasteiger partial charge in [-0.25, -0.2) is 0 Å². The lowest BCUT2D eigenvalue weighted by atomic mass is 9.86. The van der Waals surface area contributed by atoms with Gasteiger partial charge in [-0.1, -0.05) is 37.0 Å². The average Bonchev–Trinajstić information content (AvgIpc) is 2.38. The van der Waals surface area contributed by atoms with Crippen LogP contribution in [0.15, 0.2) is 6.07 Å². The van der Waals surface area contributed by atoms with Gasteiger partial charge in [-0.15, -0.1) is 0 Å². The summed E-state index contributed by atoms with van der Waals surface area (Å²) in [5, 5.41) is 10.5. The van der Waals surface area contributed by atoms with Crippen molar-refractivity contribution < 1.29 is 9.84 Å². The van der Waals surface area contributed by atoms with Crippen LogP contribution in [0.25, 0.3) is 0 Å². The minimum Gasteiger partial charge on any atom is -0.506 e. The maximum atomic E-state index is 9.81. The molecule has 4 heteroatoms. The van der Waals surface area contributed by atoms with Crippen LogP contribution in [0.1, 0.15) is 19.4 Å². The molecule has 0 radical (unpaired) electrons. The molecule has 2 rings (SSSR count). The van der Waals surface area contributed by atoms with Crippen molar-refractivity contribution in [3.05, 3.63) is 21.7 Å². The summed E-state index contributed by atoms with van der Waals surface area (Å²) in [5.41, 5.74) is 0.462. The van der Waals surface area contributed by atoms with Gasteiger partial charge in [-0.2, -0.15) is 0 Å². The third-order valence-electron chi connectivity index (χ3n) is 2.41. The Hall–Kier alpha value is -0.600. The van der Waals surface area contributed by atoms with Crippen LogP contribution in [0, 0.1) is 0 Å². The quantitative estimate of drug-likeness (QED) is 0.744. The molecule has 0 bridgehead atoms. The fourth-order valence-corrected chi connectivity index (χ4v) is 2.20. The summed E-state index contributed by atoms with van der Waals surface area (Å²) < 4.78 is 5.43. The van der Waals surface area contributed by atoms with E-state index in [1.165, 1.54) is 6.07 Å². The highest BCUT2D eigenvalue weighted by atomic mass is 35.5. The number of benzene rings is 1. The number of fused-ring (bicyclic) bond motifs is 1. The van der Waals surface area contributed by atoms with E-state index in [-0.39, 0.29) is 16.2 Å². The topological polar surface area (TPSA) is 29.5 Å². The molecule has 1 aliphatic heterocycles. The Morgan fingerprint density at radius 2 is 2.00 bits per heavy atom. The van der Waals surface area contributed by atoms with Crippen LogP contribution >= 0.6 is 23.2 Å². The highest BCUT2D eigenvalue weighted by Gasteiger charge is 2.37. The van der Waals surface area contributed by atoms with Crippen molar-refractivity contribution >= 4 is 23.2 Å². The van der Waals surface area contributed by atoms with E-state index in [0.29, 0.717) is 22.9 Å². The van der Waals surface area contributed by atoms with Crippen LogP contribution in [0.5, 0.6) is 11.5 Å². The zero-order valence-corrected chi connectivity index (χ0v) is 9.41. The van der Waals surface area contributed by atoms with Crippen LogP contribution < -0.4 is 4.74 Å². The molecular formula is C10H10Cl2O2. The highest BCUT2D eigenvalue weighted by molar-refractivity contribution is 6.36. The first kappa shape index (κ1) is 9.94. The van der Waals surface area contributed by atoms with Gasteiger partial charge in [0, 0.05) is 11.0 Å². The molecule has 0 saturated carbocycles. The second kappa shape index (κ2) is 2.94. The number of phenolic OH excluding ortho intramolecular Hbond substituents is 1. The molecule has 0 saturated heterocycles. The number of hydrogen-bond donors (Lipinski definition) is 1. The minimum atomic E-state index is -0.242. The van der Waals surface area contributed by atoms with E-state index in [1.54, 1.807) is 0 Å². The predicted octanol–water partition coefficient (Wildman–Crippen LogP) is 3.37. The Bertz CT molecular complexity index is 400. The van der Waals surface area contributed by atoms with Gasteiger partial charge in [0.25, 0.3) is 0 Å². The van der Waals surface area contributed by atoms with Gasteiger partial charge in [0.05, 0.1) is 16.7 Å². The van der Waals surface area contributed by atoms with Crippen molar-refractivity contribution in [2.75, 3.05) is 6.61 Å². The molecule has 0 unspecified atom stereocenters. The van der Waals surface area contributed by atoms with Crippen molar-refractivity contribution in [1.29, 1.82) is 0 Å². The molecule has 2 nitrogen and oxygen atoms in total. The molecule has 14 heavy (non-hydrogen) atoms. The van der Waals surface area contributed by atoms with Gasteiger partial charge in [0.1, 0.15) is 11.5 Å². The van der Waals surface area contributed by atoms with E-state index in [9.17, 15) is 5.11 Å². The zero-order chi connectivity index (χ0) is 10.5. The number of phenols is 1. The van der Waals surface area contributed by atoms with Gasteiger partial charge in [0.2, 0.25) is 0 Å². The summed E-state index contributed by atoms with van der Waals surface area (Å²) in [6.07, 6.45) is 0. The van der Waals surface area contributed by atoms with Crippen LogP contribution in [-0.2, 0) is 5.41 Å². The second-order valence-electron chi connectivity index (χ2n) is 4.07. The molecule has 1 aromatic rings. The lowest BCUT2D eigenvalue weighted by molar-refractivity contribution is 0.290. The van der Waals surface area contributed by atoms with Gasteiger partial charge in [-0.05, 0) is 6.07 Å². The Labute approximate surface area is 92.4 Å². The predicted molar refractivity (Wildman–Crippen MR) is 56.6 cm³/mol. The summed E-state index contributed by atoms with van der Waals surface area (Å²) in [5.74, 6) is 0.632. The molecule has 1 aliphatic rings. The van der Waals surface area contributed by atoms with Crippen LogP contribution in [-0.4, -0.2) is 11.7 Å². The number of ether oxygens (including phenoxy) is 1. The fraction of sp³-hybridized carbons (Fsp3) is 0.400. The molecule has 1 N–H and O–H groups in total. The highest BCUT2D eigenvalue weighted by Crippen LogP contribution is 2.50. The van der Waals surface area contributed by atoms with Crippen molar-refractivity contribution in [2.45, 2.75) is 19.3 Å². The summed E-state index contributed by atoms with van der Waals surface area (Å²) in [7, 11) is 0. The molecule has 0 aliphatic carbocycles. The molecule has 0 fully saturated rings. The lowest BCUT2D eigenvalue weighted by Gasteiger charge is -2.16. The Morgan fingerprint density at radius 1 is 1.36 bits per heavy atom. The van der Waals surface area contributed by atoms with E-state index >= 15 is 0 Å². The maximum Gasteiger partial charge on any atom is 0.145 e. The lowest BCUT2D eigenvalue weighted by Crippen LogP contribution is -2.18. The first-order chi connectivity index (χ1) is 6.43. The first-order valence-electron chi connectivity index (χ1n) is 4.28. The van der Waals surface area contributed by atoms with Gasteiger partial charge < -0.3 is 9.84 Å². The third-order valence-corrected chi connectivity index (χ3v) is 2.98. The van der Waals surface area contributed by atoms with Crippen molar-refractivity contribution in [3.63, 3.8) is 0 Å². The van der Waals surface area contributed by atoms with Gasteiger partial charge in [-0.3, -0.25) is 0 Å². The Balaban J connectivity index is 2.75. The molecule has 0 aromatic heterocycles. The fourth-order valence-electron chi connectivity index (χ4n) is 1.69. The van der Waals surface area contributed by atoms with Gasteiger partial charge >= 0.3 is 0 Å². The van der Waals surface area contributed by atoms with E-state index < -0.39 is 0 Å². The maximum absolute atomic E-state index is 9.81. The summed E-state index contributed by atoms with van der Waals surface area (Å²) in [4.78, 5) is 0. The largest absolute Gasteiger partial charge is 0.506 e. The van der Waals surface area contributed by atoms with E-state index in [2.05, 4.69) is 0 Å². The van der Waals surface area contributed by atoms with Crippen molar-refractivity contribution in [3.8, 4) is 11.5 Å². The summed E-state index contributed by atoms with van der Waals surface area (Å²) in [6.45, 7) is 4.46. The second-order valence-corrected chi connectivity index (χ2v) is 4.88. The number of aromatic hydroxyl groups is 1. The normalized spacial score (nSPS) is 17.7. The molecule has 0 atom stereocenters. The number of hydrogen-bond acceptors (Lipinski definition) is 2. The molecule has 0 spiro atoms. The Kier molecular flexibility index (Phi) is 2.09. The minimum absolute atomic E-state index is 0.0774. The average molecular weight is 233 g/mol.